The molecule has 1 aromatic heterocycles. The van der Waals surface area contributed by atoms with Crippen molar-refractivity contribution in [3.05, 3.63) is 48.8 Å². The standard InChI is InChI=1S/C18H21N3O2S/c1-23-16-2-4-17(5-3-16)24-14-18(22)21-12-10-20(11-13-21)15-6-8-19-9-7-15/h2-9H,10-14H2,1H3/p+1. The van der Waals surface area contributed by atoms with Crippen molar-refractivity contribution < 1.29 is 14.5 Å². The molecule has 0 spiro atoms. The number of H-pyrrole nitrogens is 1. The van der Waals surface area contributed by atoms with Crippen LogP contribution < -0.4 is 14.6 Å². The molecule has 5 nitrogen and oxygen atoms in total. The van der Waals surface area contributed by atoms with Gasteiger partial charge in [-0.05, 0) is 24.3 Å². The van der Waals surface area contributed by atoms with Crippen molar-refractivity contribution >= 4 is 23.4 Å². The van der Waals surface area contributed by atoms with Crippen LogP contribution in [0, 0.1) is 0 Å². The lowest BCUT2D eigenvalue weighted by Crippen LogP contribution is -2.49. The zero-order valence-electron chi connectivity index (χ0n) is 13.8. The molecule has 6 heteroatoms. The number of carbonyl (C=O) groups is 1. The number of carbonyl (C=O) groups excluding carboxylic acids is 1. The second-order valence-corrected chi connectivity index (χ2v) is 6.64. The number of rotatable bonds is 5. The van der Waals surface area contributed by atoms with Gasteiger partial charge in [0.1, 0.15) is 5.75 Å². The Kier molecular flexibility index (Phi) is 5.59. The molecule has 1 N–H and O–H groups in total. The Labute approximate surface area is 146 Å². The highest BCUT2D eigenvalue weighted by molar-refractivity contribution is 8.00. The maximum atomic E-state index is 12.4. The molecule has 1 aliphatic heterocycles. The number of methoxy groups -OCH3 is 1. The van der Waals surface area contributed by atoms with Gasteiger partial charge in [-0.2, -0.15) is 0 Å². The van der Waals surface area contributed by atoms with Crippen LogP contribution in [-0.2, 0) is 4.79 Å². The van der Waals surface area contributed by atoms with Crippen LogP contribution in [0.3, 0.4) is 0 Å². The second-order valence-electron chi connectivity index (χ2n) is 5.59. The van der Waals surface area contributed by atoms with Crippen LogP contribution in [0.4, 0.5) is 5.69 Å². The largest absolute Gasteiger partial charge is 0.497 e. The van der Waals surface area contributed by atoms with Gasteiger partial charge < -0.3 is 14.5 Å². The third-order valence-electron chi connectivity index (χ3n) is 4.12. The minimum absolute atomic E-state index is 0.205. The van der Waals surface area contributed by atoms with Gasteiger partial charge in [0.2, 0.25) is 5.91 Å². The van der Waals surface area contributed by atoms with Crippen LogP contribution in [-0.4, -0.2) is 49.8 Å². The van der Waals surface area contributed by atoms with Gasteiger partial charge in [-0.1, -0.05) is 0 Å². The number of pyridine rings is 1. The molecule has 0 unspecified atom stereocenters. The number of hydrogen-bond donors (Lipinski definition) is 0. The number of thioether (sulfide) groups is 1. The Bertz CT molecular complexity index is 656. The molecule has 1 fully saturated rings. The topological polar surface area (TPSA) is 46.9 Å². The van der Waals surface area contributed by atoms with Crippen LogP contribution in [0.1, 0.15) is 0 Å². The molecule has 0 atom stereocenters. The predicted octanol–water partition coefficient (Wildman–Crippen LogP) is 1.95. The summed E-state index contributed by atoms with van der Waals surface area (Å²) in [6, 6.07) is 11.9. The Hall–Kier alpha value is -2.21. The minimum Gasteiger partial charge on any atom is -0.497 e. The number of nitrogens with one attached hydrogen (secondary N) is 1. The number of piperazine rings is 1. The van der Waals surface area contributed by atoms with E-state index >= 15 is 0 Å². The molecule has 2 aromatic rings. The van der Waals surface area contributed by atoms with E-state index in [1.807, 2.05) is 41.6 Å². The molecular weight excluding hydrogens is 322 g/mol. The first-order chi connectivity index (χ1) is 11.8. The Morgan fingerprint density at radius 3 is 2.38 bits per heavy atom. The first kappa shape index (κ1) is 16.6. The zero-order valence-corrected chi connectivity index (χ0v) is 14.6. The van der Waals surface area contributed by atoms with Crippen LogP contribution in [0.15, 0.2) is 53.7 Å². The van der Waals surface area contributed by atoms with Gasteiger partial charge >= 0.3 is 0 Å². The molecule has 1 aliphatic rings. The van der Waals surface area contributed by atoms with Crippen molar-refractivity contribution in [2.45, 2.75) is 4.90 Å². The van der Waals surface area contributed by atoms with E-state index in [0.717, 1.165) is 36.8 Å². The van der Waals surface area contributed by atoms with Gasteiger partial charge in [-0.25, -0.2) is 4.98 Å². The molecule has 24 heavy (non-hydrogen) atoms. The summed E-state index contributed by atoms with van der Waals surface area (Å²) in [5, 5.41) is 0. The number of benzene rings is 1. The summed E-state index contributed by atoms with van der Waals surface area (Å²) in [6.07, 6.45) is 3.86. The number of amides is 1. The number of nitrogens with zero attached hydrogens (tertiary/aromatic N) is 2. The highest BCUT2D eigenvalue weighted by atomic mass is 32.2. The number of aromatic nitrogens is 1. The molecule has 0 aliphatic carbocycles. The Morgan fingerprint density at radius 1 is 1.08 bits per heavy atom. The summed E-state index contributed by atoms with van der Waals surface area (Å²) < 4.78 is 5.15. The van der Waals surface area contributed by atoms with Crippen LogP contribution in [0.25, 0.3) is 0 Å². The Morgan fingerprint density at radius 2 is 1.75 bits per heavy atom. The van der Waals surface area contributed by atoms with Crippen LogP contribution in [0.2, 0.25) is 0 Å². The zero-order chi connectivity index (χ0) is 16.8. The highest BCUT2D eigenvalue weighted by Crippen LogP contribution is 2.22. The molecule has 2 heterocycles. The fourth-order valence-corrected chi connectivity index (χ4v) is 3.51. The average Bonchev–Trinajstić information content (AvgIpc) is 2.67. The summed E-state index contributed by atoms with van der Waals surface area (Å²) in [7, 11) is 1.65. The maximum Gasteiger partial charge on any atom is 0.233 e. The smallest absolute Gasteiger partial charge is 0.233 e. The number of ether oxygens (including phenoxy) is 1. The molecule has 1 aromatic carbocycles. The van der Waals surface area contributed by atoms with Crippen molar-refractivity contribution in [3.8, 4) is 5.75 Å². The van der Waals surface area contributed by atoms with E-state index in [2.05, 4.69) is 22.0 Å². The van der Waals surface area contributed by atoms with Gasteiger partial charge in [0, 0.05) is 48.9 Å². The Balaban J connectivity index is 1.46. The summed E-state index contributed by atoms with van der Waals surface area (Å²) in [4.78, 5) is 20.8. The summed E-state index contributed by atoms with van der Waals surface area (Å²) >= 11 is 1.57. The SMILES string of the molecule is COc1ccc(SCC(=O)N2CCN(c3cc[nH+]cc3)CC2)cc1. The molecular formula is C18H22N3O2S+. The van der Waals surface area contributed by atoms with E-state index in [9.17, 15) is 4.79 Å². The van der Waals surface area contributed by atoms with Gasteiger partial charge in [0.05, 0.1) is 12.9 Å². The normalized spacial score (nSPS) is 14.5. The van der Waals surface area contributed by atoms with Crippen LogP contribution >= 0.6 is 11.8 Å². The van der Waals surface area contributed by atoms with Crippen LogP contribution in [0.5, 0.6) is 5.75 Å². The molecule has 3 rings (SSSR count). The quantitative estimate of drug-likeness (QED) is 0.778. The number of aromatic amines is 1. The number of anilines is 1. The first-order valence-corrected chi connectivity index (χ1v) is 9.00. The van der Waals surface area contributed by atoms with Crippen molar-refractivity contribution in [1.82, 2.24) is 4.90 Å². The molecule has 126 valence electrons. The summed E-state index contributed by atoms with van der Waals surface area (Å²) in [5.74, 6) is 1.52. The molecule has 1 saturated heterocycles. The fourth-order valence-electron chi connectivity index (χ4n) is 2.71. The average molecular weight is 344 g/mol. The number of hydrogen-bond acceptors (Lipinski definition) is 4. The highest BCUT2D eigenvalue weighted by Gasteiger charge is 2.21. The van der Waals surface area contributed by atoms with Crippen molar-refractivity contribution in [2.24, 2.45) is 0 Å². The van der Waals surface area contributed by atoms with Crippen molar-refractivity contribution in [3.63, 3.8) is 0 Å². The van der Waals surface area contributed by atoms with Gasteiger partial charge in [-0.3, -0.25) is 4.79 Å². The predicted molar refractivity (Wildman–Crippen MR) is 95.5 cm³/mol. The third kappa shape index (κ3) is 4.20. The lowest BCUT2D eigenvalue weighted by molar-refractivity contribution is -0.377. The summed E-state index contributed by atoms with van der Waals surface area (Å²) in [5.41, 5.74) is 1.20. The third-order valence-corrected chi connectivity index (χ3v) is 5.12. The molecule has 0 saturated carbocycles. The van der Waals surface area contributed by atoms with E-state index < -0.39 is 0 Å². The van der Waals surface area contributed by atoms with Crippen molar-refractivity contribution in [2.75, 3.05) is 43.9 Å². The van der Waals surface area contributed by atoms with E-state index in [-0.39, 0.29) is 5.91 Å². The fraction of sp³-hybridized carbons (Fsp3) is 0.333. The van der Waals surface area contributed by atoms with E-state index in [1.54, 1.807) is 18.9 Å². The van der Waals surface area contributed by atoms with Gasteiger partial charge in [0.25, 0.3) is 0 Å². The maximum absolute atomic E-state index is 12.4. The lowest BCUT2D eigenvalue weighted by atomic mass is 10.2. The second kappa shape index (κ2) is 8.06. The first-order valence-electron chi connectivity index (χ1n) is 8.02. The van der Waals surface area contributed by atoms with E-state index in [4.69, 9.17) is 4.74 Å². The molecule has 1 amide bonds. The molecule has 0 radical (unpaired) electrons. The lowest BCUT2D eigenvalue weighted by Gasteiger charge is -2.35. The van der Waals surface area contributed by atoms with E-state index in [1.165, 1.54) is 5.69 Å². The van der Waals surface area contributed by atoms with Gasteiger partial charge in [-0.15, -0.1) is 11.8 Å². The van der Waals surface area contributed by atoms with Gasteiger partial charge in [0.15, 0.2) is 12.4 Å². The summed E-state index contributed by atoms with van der Waals surface area (Å²) in [6.45, 7) is 3.31. The van der Waals surface area contributed by atoms with E-state index in [0.29, 0.717) is 5.75 Å². The molecule has 0 bridgehead atoms. The monoisotopic (exact) mass is 344 g/mol. The minimum atomic E-state index is 0.205. The van der Waals surface area contributed by atoms with Crippen molar-refractivity contribution in [1.29, 1.82) is 0 Å².